The molecule has 2 aromatic rings. The summed E-state index contributed by atoms with van der Waals surface area (Å²) in [5, 5.41) is 3.89. The number of hydrogen-bond donors (Lipinski definition) is 1. The second kappa shape index (κ2) is 8.85. The molecule has 4 rings (SSSR count). The lowest BCUT2D eigenvalue weighted by atomic mass is 10.2. The molecule has 0 spiro atoms. The van der Waals surface area contributed by atoms with Gasteiger partial charge in [-0.2, -0.15) is 0 Å². The van der Waals surface area contributed by atoms with Gasteiger partial charge in [0, 0.05) is 26.2 Å². The zero-order valence-electron chi connectivity index (χ0n) is 18.5. The van der Waals surface area contributed by atoms with E-state index in [-0.39, 0.29) is 18.4 Å². The van der Waals surface area contributed by atoms with E-state index in [0.717, 1.165) is 16.4 Å². The van der Waals surface area contributed by atoms with Crippen LogP contribution in [0.5, 0.6) is 0 Å². The molecular weight excluding hydrogens is 430 g/mol. The summed E-state index contributed by atoms with van der Waals surface area (Å²) >= 11 is 1.41. The fourth-order valence-corrected chi connectivity index (χ4v) is 4.59. The Kier molecular flexibility index (Phi) is 6.14. The number of hydrogen-bond acceptors (Lipinski definition) is 6. The summed E-state index contributed by atoms with van der Waals surface area (Å²) in [5.41, 5.74) is 1.15. The minimum atomic E-state index is -0.590. The highest BCUT2D eigenvalue weighted by Crippen LogP contribution is 2.34. The Morgan fingerprint density at radius 3 is 2.81 bits per heavy atom. The van der Waals surface area contributed by atoms with Crippen LogP contribution in [0.15, 0.2) is 34.3 Å². The molecule has 3 amide bonds. The van der Waals surface area contributed by atoms with Crippen molar-refractivity contribution >= 4 is 41.4 Å². The van der Waals surface area contributed by atoms with Gasteiger partial charge in [-0.1, -0.05) is 17.8 Å². The number of ether oxygens (including phenoxy) is 1. The average molecular weight is 458 g/mol. The molecule has 32 heavy (non-hydrogen) atoms. The van der Waals surface area contributed by atoms with E-state index in [9.17, 15) is 14.4 Å². The van der Waals surface area contributed by atoms with Crippen molar-refractivity contribution in [3.63, 3.8) is 0 Å². The number of piperazine rings is 1. The minimum Gasteiger partial charge on any atom is -0.444 e. The van der Waals surface area contributed by atoms with Gasteiger partial charge in [0.2, 0.25) is 5.91 Å². The average Bonchev–Trinajstić information content (AvgIpc) is 3.15. The number of amides is 3. The third kappa shape index (κ3) is 4.90. The molecule has 2 aliphatic heterocycles. The summed E-state index contributed by atoms with van der Waals surface area (Å²) in [4.78, 5) is 45.3. The van der Waals surface area contributed by atoms with E-state index in [1.807, 2.05) is 28.7 Å². The molecule has 0 aromatic carbocycles. The van der Waals surface area contributed by atoms with Crippen LogP contribution >= 0.6 is 11.8 Å². The van der Waals surface area contributed by atoms with Crippen molar-refractivity contribution in [2.75, 3.05) is 32.7 Å². The molecule has 2 aliphatic rings. The van der Waals surface area contributed by atoms with Gasteiger partial charge >= 0.3 is 6.09 Å². The van der Waals surface area contributed by atoms with Crippen LogP contribution in [0.3, 0.4) is 0 Å². The first kappa shape index (κ1) is 22.2. The Morgan fingerprint density at radius 2 is 2.06 bits per heavy atom. The first-order valence-electron chi connectivity index (χ1n) is 10.6. The number of rotatable bonds is 5. The van der Waals surface area contributed by atoms with Crippen molar-refractivity contribution < 1.29 is 19.1 Å². The number of pyridine rings is 1. The smallest absolute Gasteiger partial charge is 0.410 e. The lowest BCUT2D eigenvalue weighted by Crippen LogP contribution is -2.53. The number of carbonyl (C=O) groups excluding carboxylic acids is 3. The normalized spacial score (nSPS) is 16.2. The van der Waals surface area contributed by atoms with Crippen molar-refractivity contribution in [3.8, 4) is 0 Å². The lowest BCUT2D eigenvalue weighted by Gasteiger charge is -2.35. The van der Waals surface area contributed by atoms with Crippen molar-refractivity contribution in [3.05, 3.63) is 35.0 Å². The first-order chi connectivity index (χ1) is 15.2. The summed E-state index contributed by atoms with van der Waals surface area (Å²) in [6, 6.07) is 5.82. The van der Waals surface area contributed by atoms with Gasteiger partial charge in [0.15, 0.2) is 0 Å². The van der Waals surface area contributed by atoms with Gasteiger partial charge < -0.3 is 15.0 Å². The van der Waals surface area contributed by atoms with E-state index in [1.54, 1.807) is 31.9 Å². The number of carbonyl (C=O) groups is 3. The second-order valence-electron chi connectivity index (χ2n) is 8.74. The number of nitrogens with zero attached hydrogens (tertiary/aromatic N) is 4. The molecule has 1 fully saturated rings. The van der Waals surface area contributed by atoms with Gasteiger partial charge in [0.25, 0.3) is 5.91 Å². The van der Waals surface area contributed by atoms with Gasteiger partial charge in [-0.15, -0.1) is 0 Å². The van der Waals surface area contributed by atoms with E-state index < -0.39 is 11.7 Å². The molecule has 0 radical (unpaired) electrons. The maximum Gasteiger partial charge on any atom is 0.410 e. The molecule has 9 nitrogen and oxygen atoms in total. The predicted molar refractivity (Wildman–Crippen MR) is 121 cm³/mol. The van der Waals surface area contributed by atoms with E-state index in [0.29, 0.717) is 37.5 Å². The van der Waals surface area contributed by atoms with Crippen molar-refractivity contribution in [2.24, 2.45) is 0 Å². The molecule has 0 bridgehead atoms. The third-order valence-corrected chi connectivity index (χ3v) is 6.15. The van der Waals surface area contributed by atoms with Crippen LogP contribution in [0.1, 0.15) is 32.9 Å². The highest BCUT2D eigenvalue weighted by atomic mass is 32.2. The molecule has 0 aliphatic carbocycles. The molecular formula is C22H27N5O4S. The summed E-state index contributed by atoms with van der Waals surface area (Å²) in [7, 11) is 0. The number of thioether (sulfide) groups is 1. The van der Waals surface area contributed by atoms with Gasteiger partial charge in [-0.05, 0) is 45.4 Å². The molecule has 0 unspecified atom stereocenters. The van der Waals surface area contributed by atoms with E-state index >= 15 is 0 Å². The Balaban J connectivity index is 1.22. The standard InChI is InChI=1S/C22H27N5O4S/c1-22(2,3)31-21(30)26-11-10-25(18(28)14-26)9-5-8-23-20(29)16-12-15-13-24-17-6-4-7-19(32-16)27(15)17/h4,6-7,12-13H,5,8-11,14H2,1-3H3,(H,23,29). The highest BCUT2D eigenvalue weighted by Gasteiger charge is 2.30. The first-order valence-corrected chi connectivity index (χ1v) is 11.4. The topological polar surface area (TPSA) is 96.2 Å². The molecule has 170 valence electrons. The molecule has 0 saturated carbocycles. The van der Waals surface area contributed by atoms with E-state index in [4.69, 9.17) is 4.74 Å². The predicted octanol–water partition coefficient (Wildman–Crippen LogP) is 2.37. The second-order valence-corrected chi connectivity index (χ2v) is 9.81. The highest BCUT2D eigenvalue weighted by molar-refractivity contribution is 8.04. The quantitative estimate of drug-likeness (QED) is 0.693. The summed E-state index contributed by atoms with van der Waals surface area (Å²) in [5.74, 6) is -0.249. The van der Waals surface area contributed by atoms with Crippen LogP contribution in [0, 0.1) is 0 Å². The van der Waals surface area contributed by atoms with Crippen LogP contribution in [0.4, 0.5) is 4.79 Å². The van der Waals surface area contributed by atoms with Crippen molar-refractivity contribution in [1.82, 2.24) is 24.5 Å². The van der Waals surface area contributed by atoms with Gasteiger partial charge in [0.05, 0.1) is 21.8 Å². The Morgan fingerprint density at radius 1 is 1.25 bits per heavy atom. The van der Waals surface area contributed by atoms with Gasteiger partial charge in [-0.3, -0.25) is 18.9 Å². The molecule has 1 saturated heterocycles. The Hall–Kier alpha value is -3.01. The minimum absolute atomic E-state index is 0.0179. The van der Waals surface area contributed by atoms with Crippen LogP contribution in [-0.4, -0.2) is 75.4 Å². The van der Waals surface area contributed by atoms with Crippen LogP contribution in [-0.2, 0) is 14.3 Å². The SMILES string of the molecule is CC(C)(C)OC(=O)N1CCN(CCCNC(=O)C2=Cc3cnc4cccc(n34)S2)C(=O)C1. The molecule has 0 atom stereocenters. The van der Waals surface area contributed by atoms with Crippen LogP contribution in [0.2, 0.25) is 0 Å². The largest absolute Gasteiger partial charge is 0.444 e. The molecule has 1 N–H and O–H groups in total. The van der Waals surface area contributed by atoms with Crippen LogP contribution in [0.25, 0.3) is 11.7 Å². The van der Waals surface area contributed by atoms with Crippen molar-refractivity contribution in [1.29, 1.82) is 0 Å². The van der Waals surface area contributed by atoms with E-state index in [2.05, 4.69) is 10.3 Å². The third-order valence-electron chi connectivity index (χ3n) is 5.10. The summed E-state index contributed by atoms with van der Waals surface area (Å²) in [6.45, 7) is 7.30. The Labute approximate surface area is 190 Å². The lowest BCUT2D eigenvalue weighted by molar-refractivity contribution is -0.135. The van der Waals surface area contributed by atoms with Gasteiger partial charge in [-0.25, -0.2) is 9.78 Å². The van der Waals surface area contributed by atoms with Gasteiger partial charge in [0.1, 0.15) is 17.8 Å². The maximum absolute atomic E-state index is 12.6. The monoisotopic (exact) mass is 457 g/mol. The molecule has 2 aromatic heterocycles. The maximum atomic E-state index is 12.6. The zero-order valence-corrected chi connectivity index (χ0v) is 19.3. The summed E-state index contributed by atoms with van der Waals surface area (Å²) in [6.07, 6.45) is 3.77. The summed E-state index contributed by atoms with van der Waals surface area (Å²) < 4.78 is 7.35. The number of aromatic nitrogens is 2. The van der Waals surface area contributed by atoms with E-state index in [1.165, 1.54) is 16.7 Å². The molecule has 4 heterocycles. The van der Waals surface area contributed by atoms with Crippen LogP contribution < -0.4 is 5.32 Å². The fourth-order valence-electron chi connectivity index (χ4n) is 3.58. The zero-order chi connectivity index (χ0) is 22.9. The fraction of sp³-hybridized carbons (Fsp3) is 0.455. The number of nitrogens with one attached hydrogen (secondary N) is 1. The molecule has 10 heteroatoms. The van der Waals surface area contributed by atoms with Crippen molar-refractivity contribution in [2.45, 2.75) is 37.8 Å². The number of imidazole rings is 1. The Bertz CT molecular complexity index is 1090.